The van der Waals surface area contributed by atoms with Crippen molar-refractivity contribution in [2.45, 2.75) is 32.1 Å². The standard InChI is InChI=1S/C16H19Cl2NO3/c17-13-3-1-11(9-14(13)18)2-4-15(20)19-7-5-12(6-8-19)10-16(21)22/h1,3,9,12H,2,4-8,10H2,(H,21,22). The monoisotopic (exact) mass is 343 g/mol. The Morgan fingerprint density at radius 3 is 2.45 bits per heavy atom. The van der Waals surface area contributed by atoms with Crippen molar-refractivity contribution in [1.29, 1.82) is 0 Å². The molecular weight excluding hydrogens is 325 g/mol. The number of aryl methyl sites for hydroxylation is 1. The van der Waals surface area contributed by atoms with Crippen LogP contribution in [0, 0.1) is 5.92 Å². The van der Waals surface area contributed by atoms with E-state index in [1.165, 1.54) is 0 Å². The van der Waals surface area contributed by atoms with Crippen molar-refractivity contribution in [3.05, 3.63) is 33.8 Å². The molecule has 0 bridgehead atoms. The number of amides is 1. The number of piperidine rings is 1. The summed E-state index contributed by atoms with van der Waals surface area (Å²) in [5.74, 6) is -0.458. The average molecular weight is 344 g/mol. The minimum absolute atomic E-state index is 0.111. The first-order valence-electron chi connectivity index (χ1n) is 7.39. The highest BCUT2D eigenvalue weighted by atomic mass is 35.5. The van der Waals surface area contributed by atoms with Crippen LogP contribution in [0.1, 0.15) is 31.2 Å². The number of rotatable bonds is 5. The Morgan fingerprint density at radius 2 is 1.86 bits per heavy atom. The Labute approximate surface area is 140 Å². The molecule has 2 rings (SSSR count). The highest BCUT2D eigenvalue weighted by molar-refractivity contribution is 6.42. The second-order valence-electron chi connectivity index (χ2n) is 5.67. The zero-order chi connectivity index (χ0) is 16.1. The number of benzene rings is 1. The quantitative estimate of drug-likeness (QED) is 0.887. The number of carboxylic acid groups (broad SMARTS) is 1. The van der Waals surface area contributed by atoms with E-state index >= 15 is 0 Å². The van der Waals surface area contributed by atoms with Gasteiger partial charge in [0.1, 0.15) is 0 Å². The molecular formula is C16H19Cl2NO3. The van der Waals surface area contributed by atoms with Crippen molar-refractivity contribution in [2.24, 2.45) is 5.92 Å². The summed E-state index contributed by atoms with van der Waals surface area (Å²) in [4.78, 5) is 24.7. The molecule has 1 N–H and O–H groups in total. The number of carbonyl (C=O) groups excluding carboxylic acids is 1. The molecule has 0 aliphatic carbocycles. The third kappa shape index (κ3) is 4.89. The molecule has 0 atom stereocenters. The number of hydrogen-bond acceptors (Lipinski definition) is 2. The largest absolute Gasteiger partial charge is 0.481 e. The fourth-order valence-corrected chi connectivity index (χ4v) is 3.06. The molecule has 1 fully saturated rings. The Balaban J connectivity index is 1.78. The van der Waals surface area contributed by atoms with Gasteiger partial charge in [0.2, 0.25) is 5.91 Å². The molecule has 22 heavy (non-hydrogen) atoms. The Kier molecular flexibility index (Phi) is 6.09. The van der Waals surface area contributed by atoms with Crippen molar-refractivity contribution in [2.75, 3.05) is 13.1 Å². The topological polar surface area (TPSA) is 57.6 Å². The van der Waals surface area contributed by atoms with E-state index in [0.29, 0.717) is 36.0 Å². The third-order valence-corrected chi connectivity index (χ3v) is 4.78. The van der Waals surface area contributed by atoms with E-state index in [9.17, 15) is 9.59 Å². The highest BCUT2D eigenvalue weighted by Crippen LogP contribution is 2.24. The van der Waals surface area contributed by atoms with E-state index in [-0.39, 0.29) is 18.2 Å². The second-order valence-corrected chi connectivity index (χ2v) is 6.48. The summed E-state index contributed by atoms with van der Waals surface area (Å²) in [6.45, 7) is 1.30. The van der Waals surface area contributed by atoms with Crippen LogP contribution in [-0.4, -0.2) is 35.0 Å². The predicted molar refractivity (Wildman–Crippen MR) is 86.3 cm³/mol. The van der Waals surface area contributed by atoms with Crippen LogP contribution < -0.4 is 0 Å². The van der Waals surface area contributed by atoms with Gasteiger partial charge in [0.05, 0.1) is 10.0 Å². The lowest BCUT2D eigenvalue weighted by Gasteiger charge is -2.31. The summed E-state index contributed by atoms with van der Waals surface area (Å²) in [7, 11) is 0. The van der Waals surface area contributed by atoms with Gasteiger partial charge < -0.3 is 10.0 Å². The molecule has 4 nitrogen and oxygen atoms in total. The first-order valence-corrected chi connectivity index (χ1v) is 8.15. The lowest BCUT2D eigenvalue weighted by Crippen LogP contribution is -2.39. The lowest BCUT2D eigenvalue weighted by atomic mass is 9.93. The molecule has 1 heterocycles. The zero-order valence-electron chi connectivity index (χ0n) is 12.2. The van der Waals surface area contributed by atoms with Gasteiger partial charge in [0.25, 0.3) is 0 Å². The van der Waals surface area contributed by atoms with Crippen LogP contribution in [0.3, 0.4) is 0 Å². The summed E-state index contributed by atoms with van der Waals surface area (Å²) < 4.78 is 0. The summed E-state index contributed by atoms with van der Waals surface area (Å²) in [5.41, 5.74) is 0.989. The van der Waals surface area contributed by atoms with Crippen LogP contribution in [0.4, 0.5) is 0 Å². The molecule has 0 spiro atoms. The molecule has 0 unspecified atom stereocenters. The van der Waals surface area contributed by atoms with E-state index < -0.39 is 5.97 Å². The molecule has 0 radical (unpaired) electrons. The Hall–Kier alpha value is -1.26. The molecule has 0 saturated carbocycles. The Bertz CT molecular complexity index is 554. The van der Waals surface area contributed by atoms with Gasteiger partial charge in [0, 0.05) is 25.9 Å². The molecule has 1 aliphatic rings. The first-order chi connectivity index (χ1) is 10.5. The van der Waals surface area contributed by atoms with Crippen molar-refractivity contribution >= 4 is 35.1 Å². The fraction of sp³-hybridized carbons (Fsp3) is 0.500. The Morgan fingerprint density at radius 1 is 1.18 bits per heavy atom. The van der Waals surface area contributed by atoms with Crippen LogP contribution in [0.5, 0.6) is 0 Å². The van der Waals surface area contributed by atoms with Crippen molar-refractivity contribution < 1.29 is 14.7 Å². The molecule has 1 amide bonds. The summed E-state index contributed by atoms with van der Waals surface area (Å²) in [6.07, 6.45) is 2.80. The normalized spacial score (nSPS) is 15.8. The highest BCUT2D eigenvalue weighted by Gasteiger charge is 2.23. The third-order valence-electron chi connectivity index (χ3n) is 4.04. The second kappa shape index (κ2) is 7.84. The van der Waals surface area contributed by atoms with Gasteiger partial charge in [0.15, 0.2) is 0 Å². The minimum Gasteiger partial charge on any atom is -0.481 e. The number of nitrogens with zero attached hydrogens (tertiary/aromatic N) is 1. The van der Waals surface area contributed by atoms with Crippen LogP contribution in [0.25, 0.3) is 0 Å². The van der Waals surface area contributed by atoms with Gasteiger partial charge in [-0.3, -0.25) is 9.59 Å². The minimum atomic E-state index is -0.760. The summed E-state index contributed by atoms with van der Waals surface area (Å²) in [6, 6.07) is 5.40. The lowest BCUT2D eigenvalue weighted by molar-refractivity contribution is -0.138. The van der Waals surface area contributed by atoms with E-state index in [2.05, 4.69) is 0 Å². The van der Waals surface area contributed by atoms with Crippen LogP contribution in [-0.2, 0) is 16.0 Å². The number of carbonyl (C=O) groups is 2. The van der Waals surface area contributed by atoms with Gasteiger partial charge in [-0.2, -0.15) is 0 Å². The van der Waals surface area contributed by atoms with Crippen LogP contribution in [0.2, 0.25) is 10.0 Å². The molecule has 1 saturated heterocycles. The molecule has 6 heteroatoms. The average Bonchev–Trinajstić information content (AvgIpc) is 2.48. The van der Waals surface area contributed by atoms with Crippen LogP contribution in [0.15, 0.2) is 18.2 Å². The van der Waals surface area contributed by atoms with Crippen molar-refractivity contribution in [3.63, 3.8) is 0 Å². The molecule has 1 aromatic carbocycles. The van der Waals surface area contributed by atoms with Gasteiger partial charge in [-0.25, -0.2) is 0 Å². The first kappa shape index (κ1) is 17.1. The zero-order valence-corrected chi connectivity index (χ0v) is 13.7. The number of halogens is 2. The van der Waals surface area contributed by atoms with Gasteiger partial charge in [-0.05, 0) is 42.9 Å². The van der Waals surface area contributed by atoms with Gasteiger partial charge in [-0.15, -0.1) is 0 Å². The van der Waals surface area contributed by atoms with E-state index in [1.54, 1.807) is 12.1 Å². The summed E-state index contributed by atoms with van der Waals surface area (Å²) >= 11 is 11.8. The summed E-state index contributed by atoms with van der Waals surface area (Å²) in [5, 5.41) is 9.80. The van der Waals surface area contributed by atoms with E-state index in [0.717, 1.165) is 18.4 Å². The number of hydrogen-bond donors (Lipinski definition) is 1. The number of likely N-dealkylation sites (tertiary alicyclic amines) is 1. The predicted octanol–water partition coefficient (Wildman–Crippen LogP) is 3.64. The van der Waals surface area contributed by atoms with Gasteiger partial charge >= 0.3 is 5.97 Å². The molecule has 1 aliphatic heterocycles. The SMILES string of the molecule is O=C(O)CC1CCN(C(=O)CCc2ccc(Cl)c(Cl)c2)CC1. The van der Waals surface area contributed by atoms with E-state index in [4.69, 9.17) is 28.3 Å². The number of aliphatic carboxylic acids is 1. The van der Waals surface area contributed by atoms with Crippen molar-refractivity contribution in [1.82, 2.24) is 4.90 Å². The van der Waals surface area contributed by atoms with E-state index in [1.807, 2.05) is 11.0 Å². The van der Waals surface area contributed by atoms with Crippen molar-refractivity contribution in [3.8, 4) is 0 Å². The number of carboxylic acids is 1. The molecule has 120 valence electrons. The smallest absolute Gasteiger partial charge is 0.303 e. The maximum atomic E-state index is 12.2. The maximum Gasteiger partial charge on any atom is 0.303 e. The molecule has 0 aromatic heterocycles. The van der Waals surface area contributed by atoms with Gasteiger partial charge in [-0.1, -0.05) is 29.3 Å². The molecule has 1 aromatic rings. The fourth-order valence-electron chi connectivity index (χ4n) is 2.74. The van der Waals surface area contributed by atoms with Crippen LogP contribution >= 0.6 is 23.2 Å². The maximum absolute atomic E-state index is 12.2.